The predicted octanol–water partition coefficient (Wildman–Crippen LogP) is 4.08. The van der Waals surface area contributed by atoms with E-state index >= 15 is 0 Å². The fourth-order valence-electron chi connectivity index (χ4n) is 1.21. The molecule has 0 unspecified atom stereocenters. The van der Waals surface area contributed by atoms with Crippen LogP contribution in [-0.4, -0.2) is 4.98 Å². The van der Waals surface area contributed by atoms with E-state index in [1.54, 1.807) is 0 Å². The van der Waals surface area contributed by atoms with E-state index in [0.717, 1.165) is 15.2 Å². The lowest BCUT2D eigenvalue weighted by Crippen LogP contribution is -1.96. The Hall–Kier alpha value is -1.06. The van der Waals surface area contributed by atoms with E-state index in [1.807, 2.05) is 42.5 Å². The lowest BCUT2D eigenvalue weighted by Gasteiger charge is -2.05. The maximum absolute atomic E-state index is 5.79. The number of benzene rings is 1. The molecule has 0 aliphatic rings. The van der Waals surface area contributed by atoms with E-state index < -0.39 is 0 Å². The summed E-state index contributed by atoms with van der Waals surface area (Å²) in [4.78, 5) is 4.17. The summed E-state index contributed by atoms with van der Waals surface area (Å²) in [6.45, 7) is 0.487. The van der Waals surface area contributed by atoms with Gasteiger partial charge < -0.3 is 4.74 Å². The molecule has 16 heavy (non-hydrogen) atoms. The largest absolute Gasteiger partial charge is 0.473 e. The third-order valence-electron chi connectivity index (χ3n) is 1.99. The summed E-state index contributed by atoms with van der Waals surface area (Å²) >= 11 is 9.08. The molecular formula is C12H9BrClNO. The Balaban J connectivity index is 1.99. The molecule has 2 nitrogen and oxygen atoms in total. The van der Waals surface area contributed by atoms with Gasteiger partial charge in [0.2, 0.25) is 5.88 Å². The summed E-state index contributed by atoms with van der Waals surface area (Å²) in [7, 11) is 0. The van der Waals surface area contributed by atoms with Crippen molar-refractivity contribution in [2.75, 3.05) is 0 Å². The number of nitrogens with zero attached hydrogens (tertiary/aromatic N) is 1. The number of ether oxygens (including phenoxy) is 1. The molecule has 2 rings (SSSR count). The van der Waals surface area contributed by atoms with Crippen LogP contribution in [0.2, 0.25) is 5.02 Å². The van der Waals surface area contributed by atoms with Gasteiger partial charge in [-0.2, -0.15) is 0 Å². The molecule has 0 radical (unpaired) electrons. The van der Waals surface area contributed by atoms with E-state index in [2.05, 4.69) is 20.9 Å². The maximum atomic E-state index is 5.79. The Bertz CT molecular complexity index is 473. The Morgan fingerprint density at radius 2 is 1.88 bits per heavy atom. The molecule has 82 valence electrons. The molecule has 0 N–H and O–H groups in total. The number of aromatic nitrogens is 1. The van der Waals surface area contributed by atoms with Crippen molar-refractivity contribution in [3.8, 4) is 5.88 Å². The Morgan fingerprint density at radius 3 is 2.56 bits per heavy atom. The summed E-state index contributed by atoms with van der Waals surface area (Å²) in [6.07, 6.45) is 0. The Kier molecular flexibility index (Phi) is 3.80. The van der Waals surface area contributed by atoms with Crippen LogP contribution >= 0.6 is 27.5 Å². The molecule has 0 aliphatic carbocycles. The molecule has 2 aromatic rings. The van der Waals surface area contributed by atoms with Gasteiger partial charge in [0.15, 0.2) is 0 Å². The highest BCUT2D eigenvalue weighted by Crippen LogP contribution is 2.15. The van der Waals surface area contributed by atoms with Gasteiger partial charge in [-0.15, -0.1) is 0 Å². The predicted molar refractivity (Wildman–Crippen MR) is 67.7 cm³/mol. The van der Waals surface area contributed by atoms with Gasteiger partial charge in [0, 0.05) is 11.1 Å². The van der Waals surface area contributed by atoms with Crippen LogP contribution in [0.1, 0.15) is 5.56 Å². The molecule has 0 spiro atoms. The topological polar surface area (TPSA) is 22.1 Å². The van der Waals surface area contributed by atoms with Gasteiger partial charge in [-0.25, -0.2) is 4.98 Å². The first-order valence-electron chi connectivity index (χ1n) is 4.74. The fourth-order valence-corrected chi connectivity index (χ4v) is 1.66. The number of hydrogen-bond acceptors (Lipinski definition) is 2. The van der Waals surface area contributed by atoms with Crippen molar-refractivity contribution in [1.29, 1.82) is 0 Å². The molecule has 0 atom stereocenters. The first-order chi connectivity index (χ1) is 7.74. The van der Waals surface area contributed by atoms with Gasteiger partial charge in [-0.05, 0) is 39.7 Å². The van der Waals surface area contributed by atoms with Gasteiger partial charge in [0.05, 0.1) is 0 Å². The molecule has 0 amide bonds. The monoisotopic (exact) mass is 297 g/mol. The van der Waals surface area contributed by atoms with Crippen molar-refractivity contribution in [2.24, 2.45) is 0 Å². The fraction of sp³-hybridized carbons (Fsp3) is 0.0833. The second kappa shape index (κ2) is 5.32. The molecule has 4 heteroatoms. The highest BCUT2D eigenvalue weighted by molar-refractivity contribution is 9.10. The zero-order valence-electron chi connectivity index (χ0n) is 8.36. The van der Waals surface area contributed by atoms with Gasteiger partial charge >= 0.3 is 0 Å². The molecule has 1 heterocycles. The molecule has 0 saturated carbocycles. The second-order valence-corrected chi connectivity index (χ2v) is 4.46. The van der Waals surface area contributed by atoms with Gasteiger partial charge in [0.25, 0.3) is 0 Å². The molecule has 0 bridgehead atoms. The third kappa shape index (κ3) is 3.22. The summed E-state index contributed by atoms with van der Waals surface area (Å²) in [5, 5.41) is 0.726. The normalized spacial score (nSPS) is 10.1. The first-order valence-corrected chi connectivity index (χ1v) is 5.91. The molecule has 0 fully saturated rings. The summed E-state index contributed by atoms with van der Waals surface area (Å²) in [5.74, 6) is 0.601. The van der Waals surface area contributed by atoms with Crippen molar-refractivity contribution in [3.63, 3.8) is 0 Å². The van der Waals surface area contributed by atoms with E-state index in [1.165, 1.54) is 0 Å². The number of rotatable bonds is 3. The van der Waals surface area contributed by atoms with Crippen LogP contribution in [0.5, 0.6) is 5.88 Å². The number of pyridine rings is 1. The van der Waals surface area contributed by atoms with Gasteiger partial charge in [0.1, 0.15) is 11.2 Å². The maximum Gasteiger partial charge on any atom is 0.214 e. The van der Waals surface area contributed by atoms with Crippen molar-refractivity contribution in [2.45, 2.75) is 6.61 Å². The van der Waals surface area contributed by atoms with Crippen LogP contribution in [-0.2, 0) is 6.61 Å². The Morgan fingerprint density at radius 1 is 1.12 bits per heavy atom. The molecule has 1 aromatic carbocycles. The SMILES string of the molecule is Clc1ccc(COc2cccc(Br)n2)cc1. The van der Waals surface area contributed by atoms with Crippen molar-refractivity contribution >= 4 is 27.5 Å². The number of hydrogen-bond donors (Lipinski definition) is 0. The van der Waals surface area contributed by atoms with Crippen molar-refractivity contribution in [3.05, 3.63) is 57.7 Å². The first kappa shape index (κ1) is 11.4. The van der Waals surface area contributed by atoms with Gasteiger partial charge in [-0.3, -0.25) is 0 Å². The van der Waals surface area contributed by atoms with E-state index in [-0.39, 0.29) is 0 Å². The lowest BCUT2D eigenvalue weighted by molar-refractivity contribution is 0.293. The van der Waals surface area contributed by atoms with Crippen LogP contribution in [0.15, 0.2) is 47.1 Å². The quantitative estimate of drug-likeness (QED) is 0.797. The van der Waals surface area contributed by atoms with Crippen LogP contribution in [0.4, 0.5) is 0 Å². The highest BCUT2D eigenvalue weighted by atomic mass is 79.9. The zero-order valence-corrected chi connectivity index (χ0v) is 10.7. The van der Waals surface area contributed by atoms with E-state index in [4.69, 9.17) is 16.3 Å². The standard InChI is InChI=1S/C12H9BrClNO/c13-11-2-1-3-12(15-11)16-8-9-4-6-10(14)7-5-9/h1-7H,8H2. The third-order valence-corrected chi connectivity index (χ3v) is 2.68. The molecule has 1 aromatic heterocycles. The van der Waals surface area contributed by atoms with Crippen molar-refractivity contribution in [1.82, 2.24) is 4.98 Å². The Labute approximate surface area is 107 Å². The molecule has 0 saturated heterocycles. The van der Waals surface area contributed by atoms with E-state index in [0.29, 0.717) is 12.5 Å². The summed E-state index contributed by atoms with van der Waals surface area (Å²) < 4.78 is 6.29. The molecule has 0 aliphatic heterocycles. The average Bonchev–Trinajstić information content (AvgIpc) is 2.28. The van der Waals surface area contributed by atoms with Gasteiger partial charge in [-0.1, -0.05) is 29.8 Å². The smallest absolute Gasteiger partial charge is 0.214 e. The van der Waals surface area contributed by atoms with Crippen LogP contribution in [0.3, 0.4) is 0 Å². The van der Waals surface area contributed by atoms with Crippen LogP contribution in [0, 0.1) is 0 Å². The summed E-state index contributed by atoms with van der Waals surface area (Å²) in [6, 6.07) is 13.1. The number of halogens is 2. The van der Waals surface area contributed by atoms with Crippen LogP contribution < -0.4 is 4.74 Å². The minimum Gasteiger partial charge on any atom is -0.473 e. The van der Waals surface area contributed by atoms with Crippen LogP contribution in [0.25, 0.3) is 0 Å². The minimum atomic E-state index is 0.487. The summed E-state index contributed by atoms with van der Waals surface area (Å²) in [5.41, 5.74) is 1.06. The zero-order chi connectivity index (χ0) is 11.4. The van der Waals surface area contributed by atoms with Crippen molar-refractivity contribution < 1.29 is 4.74 Å². The second-order valence-electron chi connectivity index (χ2n) is 3.21. The average molecular weight is 299 g/mol. The highest BCUT2D eigenvalue weighted by Gasteiger charge is 1.98. The molecular weight excluding hydrogens is 289 g/mol. The van der Waals surface area contributed by atoms with E-state index in [9.17, 15) is 0 Å². The minimum absolute atomic E-state index is 0.487. The lowest BCUT2D eigenvalue weighted by atomic mass is 10.2.